The summed E-state index contributed by atoms with van der Waals surface area (Å²) in [6.07, 6.45) is 2.67. The minimum absolute atomic E-state index is 0.109. The minimum atomic E-state index is 0.109. The van der Waals surface area contributed by atoms with Crippen LogP contribution in [0.25, 0.3) is 21.9 Å². The van der Waals surface area contributed by atoms with Gasteiger partial charge >= 0.3 is 0 Å². The topological polar surface area (TPSA) is 42.4 Å². The van der Waals surface area contributed by atoms with Crippen LogP contribution in [-0.4, -0.2) is 23.8 Å². The molecule has 4 heteroatoms. The lowest BCUT2D eigenvalue weighted by molar-refractivity contribution is 0.305. The molecule has 3 rings (SSSR count). The van der Waals surface area contributed by atoms with Gasteiger partial charge in [-0.15, -0.1) is 11.3 Å². The van der Waals surface area contributed by atoms with E-state index in [0.717, 1.165) is 32.1 Å². The van der Waals surface area contributed by atoms with Crippen molar-refractivity contribution >= 4 is 33.2 Å². The summed E-state index contributed by atoms with van der Waals surface area (Å²) in [6, 6.07) is 16.0. The second kappa shape index (κ2) is 6.73. The van der Waals surface area contributed by atoms with E-state index in [1.54, 1.807) is 18.4 Å². The highest BCUT2D eigenvalue weighted by atomic mass is 32.1. The van der Waals surface area contributed by atoms with Crippen LogP contribution in [0.3, 0.4) is 0 Å². The first-order chi connectivity index (χ1) is 10.8. The van der Waals surface area contributed by atoms with Gasteiger partial charge in [-0.25, -0.2) is 4.98 Å². The fraction of sp³-hybridized carbons (Fsp3) is 0.167. The van der Waals surface area contributed by atoms with Crippen LogP contribution < -0.4 is 4.74 Å². The van der Waals surface area contributed by atoms with Gasteiger partial charge in [0.05, 0.1) is 17.3 Å². The van der Waals surface area contributed by atoms with E-state index in [1.165, 1.54) is 0 Å². The minimum Gasteiger partial charge on any atom is -0.497 e. The van der Waals surface area contributed by atoms with Gasteiger partial charge in [-0.1, -0.05) is 24.3 Å². The van der Waals surface area contributed by atoms with Gasteiger partial charge in [-0.05, 0) is 47.9 Å². The molecule has 0 unspecified atom stereocenters. The number of fused-ring (bicyclic) bond motifs is 1. The number of hydrogen-bond donors (Lipinski definition) is 1. The Balaban J connectivity index is 1.98. The molecule has 3 nitrogen and oxygen atoms in total. The second-order valence-electron chi connectivity index (χ2n) is 4.90. The van der Waals surface area contributed by atoms with Gasteiger partial charge in [-0.2, -0.15) is 0 Å². The molecular weight excluding hydrogens is 294 g/mol. The Kier molecular flexibility index (Phi) is 4.51. The Bertz CT molecular complexity index is 757. The van der Waals surface area contributed by atoms with Crippen molar-refractivity contribution in [3.63, 3.8) is 0 Å². The molecule has 0 bridgehead atoms. The average Bonchev–Trinajstić information content (AvgIpc) is 2.99. The fourth-order valence-electron chi connectivity index (χ4n) is 2.27. The molecule has 1 N–H and O–H groups in total. The number of rotatable bonds is 5. The van der Waals surface area contributed by atoms with Crippen molar-refractivity contribution in [2.45, 2.75) is 6.42 Å². The summed E-state index contributed by atoms with van der Waals surface area (Å²) in [6.45, 7) is 0.109. The number of hydrogen-bond acceptors (Lipinski definition) is 4. The van der Waals surface area contributed by atoms with Crippen LogP contribution in [0.2, 0.25) is 0 Å². The molecule has 112 valence electrons. The number of benzene rings is 2. The predicted molar refractivity (Wildman–Crippen MR) is 92.2 cm³/mol. The van der Waals surface area contributed by atoms with Crippen LogP contribution in [0.15, 0.2) is 48.5 Å². The molecule has 22 heavy (non-hydrogen) atoms. The van der Waals surface area contributed by atoms with Crippen LogP contribution in [0.1, 0.15) is 17.0 Å². The van der Waals surface area contributed by atoms with Crippen molar-refractivity contribution < 1.29 is 9.84 Å². The monoisotopic (exact) mass is 311 g/mol. The lowest BCUT2D eigenvalue weighted by Gasteiger charge is -2.03. The number of aromatic nitrogens is 1. The Labute approximate surface area is 133 Å². The maximum absolute atomic E-state index is 9.35. The summed E-state index contributed by atoms with van der Waals surface area (Å²) in [5.41, 5.74) is 3.12. The number of nitrogens with zero attached hydrogens (tertiary/aromatic N) is 1. The third-order valence-corrected chi connectivity index (χ3v) is 4.52. The van der Waals surface area contributed by atoms with E-state index in [1.807, 2.05) is 42.5 Å². The van der Waals surface area contributed by atoms with Crippen molar-refractivity contribution in [3.8, 4) is 5.75 Å². The summed E-state index contributed by atoms with van der Waals surface area (Å²) in [7, 11) is 1.66. The van der Waals surface area contributed by atoms with Crippen LogP contribution in [0, 0.1) is 0 Å². The summed E-state index contributed by atoms with van der Waals surface area (Å²) >= 11 is 1.66. The van der Waals surface area contributed by atoms with Gasteiger partial charge in [0.1, 0.15) is 10.8 Å². The van der Waals surface area contributed by atoms with E-state index in [4.69, 9.17) is 4.74 Å². The Hall–Kier alpha value is -2.17. The first-order valence-electron chi connectivity index (χ1n) is 7.11. The molecule has 0 radical (unpaired) electrons. The highest BCUT2D eigenvalue weighted by Crippen LogP contribution is 2.30. The summed E-state index contributed by atoms with van der Waals surface area (Å²) in [5.74, 6) is 0.834. The molecule has 0 aliphatic heterocycles. The Morgan fingerprint density at radius 2 is 1.95 bits per heavy atom. The first kappa shape index (κ1) is 14.8. The van der Waals surface area contributed by atoms with Crippen LogP contribution in [0.4, 0.5) is 0 Å². The van der Waals surface area contributed by atoms with E-state index in [0.29, 0.717) is 6.42 Å². The van der Waals surface area contributed by atoms with E-state index in [2.05, 4.69) is 17.1 Å². The zero-order chi connectivity index (χ0) is 15.4. The molecule has 0 amide bonds. The number of thiazole rings is 1. The fourth-order valence-corrected chi connectivity index (χ4v) is 3.28. The van der Waals surface area contributed by atoms with Crippen molar-refractivity contribution in [1.82, 2.24) is 4.98 Å². The largest absolute Gasteiger partial charge is 0.497 e. The van der Waals surface area contributed by atoms with E-state index in [-0.39, 0.29) is 6.61 Å². The maximum atomic E-state index is 9.35. The third-order valence-electron chi connectivity index (χ3n) is 3.41. The normalized spacial score (nSPS) is 11.8. The van der Waals surface area contributed by atoms with Gasteiger partial charge in [0.2, 0.25) is 0 Å². The maximum Gasteiger partial charge on any atom is 0.120 e. The number of para-hydroxylation sites is 1. The number of methoxy groups -OCH3 is 1. The molecule has 0 fully saturated rings. The van der Waals surface area contributed by atoms with Crippen molar-refractivity contribution in [3.05, 3.63) is 59.1 Å². The molecule has 0 saturated heterocycles. The van der Waals surface area contributed by atoms with Crippen molar-refractivity contribution in [2.75, 3.05) is 13.7 Å². The molecule has 0 saturated carbocycles. The molecule has 2 aromatic carbocycles. The van der Waals surface area contributed by atoms with E-state index < -0.39 is 0 Å². The van der Waals surface area contributed by atoms with E-state index >= 15 is 0 Å². The van der Waals surface area contributed by atoms with Gasteiger partial charge in [0.25, 0.3) is 0 Å². The summed E-state index contributed by atoms with van der Waals surface area (Å²) in [5, 5.41) is 10.3. The van der Waals surface area contributed by atoms with Crippen LogP contribution in [0.5, 0.6) is 5.75 Å². The SMILES string of the molecule is COc1ccc(/C=C(\CCO)c2nc3ccccc3s2)cc1. The number of aliphatic hydroxyl groups excluding tert-OH is 1. The lowest BCUT2D eigenvalue weighted by atomic mass is 10.1. The highest BCUT2D eigenvalue weighted by Gasteiger charge is 2.08. The second-order valence-corrected chi connectivity index (χ2v) is 5.93. The number of ether oxygens (including phenoxy) is 1. The van der Waals surface area contributed by atoms with Crippen LogP contribution >= 0.6 is 11.3 Å². The summed E-state index contributed by atoms with van der Waals surface area (Å²) in [4.78, 5) is 4.68. The summed E-state index contributed by atoms with van der Waals surface area (Å²) < 4.78 is 6.34. The Morgan fingerprint density at radius 1 is 1.18 bits per heavy atom. The van der Waals surface area contributed by atoms with Gasteiger partial charge in [0, 0.05) is 6.61 Å². The van der Waals surface area contributed by atoms with Gasteiger partial charge in [-0.3, -0.25) is 0 Å². The molecule has 1 heterocycles. The zero-order valence-electron chi connectivity index (χ0n) is 12.3. The predicted octanol–water partition coefficient (Wildman–Crippen LogP) is 4.23. The average molecular weight is 311 g/mol. The molecule has 0 aliphatic carbocycles. The zero-order valence-corrected chi connectivity index (χ0v) is 13.1. The highest BCUT2D eigenvalue weighted by molar-refractivity contribution is 7.19. The molecule has 1 aromatic heterocycles. The van der Waals surface area contributed by atoms with Gasteiger partial charge in [0.15, 0.2) is 0 Å². The van der Waals surface area contributed by atoms with E-state index in [9.17, 15) is 5.11 Å². The standard InChI is InChI=1S/C18H17NO2S/c1-21-15-8-6-13(7-9-15)12-14(10-11-20)18-19-16-4-2-3-5-17(16)22-18/h2-9,12,20H,10-11H2,1H3/b14-12+. The lowest BCUT2D eigenvalue weighted by Crippen LogP contribution is -1.89. The Morgan fingerprint density at radius 3 is 2.64 bits per heavy atom. The first-order valence-corrected chi connectivity index (χ1v) is 7.93. The van der Waals surface area contributed by atoms with Crippen molar-refractivity contribution in [1.29, 1.82) is 0 Å². The molecule has 0 atom stereocenters. The molecule has 0 spiro atoms. The molecular formula is C18H17NO2S. The quantitative estimate of drug-likeness (QED) is 0.767. The number of aliphatic hydroxyl groups is 1. The molecule has 0 aliphatic rings. The smallest absolute Gasteiger partial charge is 0.120 e. The van der Waals surface area contributed by atoms with Crippen LogP contribution in [-0.2, 0) is 0 Å². The van der Waals surface area contributed by atoms with Crippen molar-refractivity contribution in [2.24, 2.45) is 0 Å². The third kappa shape index (κ3) is 3.18. The molecule has 3 aromatic rings. The van der Waals surface area contributed by atoms with Gasteiger partial charge < -0.3 is 9.84 Å².